The van der Waals surface area contributed by atoms with Crippen molar-refractivity contribution in [3.8, 4) is 0 Å². The second-order valence-electron chi connectivity index (χ2n) is 4.01. The van der Waals surface area contributed by atoms with Gasteiger partial charge in [0.2, 0.25) is 0 Å². The van der Waals surface area contributed by atoms with Crippen LogP contribution >= 0.6 is 24.0 Å². The van der Waals surface area contributed by atoms with Crippen LogP contribution in [0.25, 0.3) is 0 Å². The number of benzene rings is 1. The van der Waals surface area contributed by atoms with Crippen molar-refractivity contribution >= 4 is 29.8 Å². The largest absolute Gasteiger partial charge is 0.317 e. The summed E-state index contributed by atoms with van der Waals surface area (Å²) in [5.74, 6) is -0.478. The third kappa shape index (κ3) is 3.41. The number of hydrogen-bond acceptors (Lipinski definition) is 2. The van der Waals surface area contributed by atoms with Gasteiger partial charge in [0, 0.05) is 11.5 Å². The highest BCUT2D eigenvalue weighted by molar-refractivity contribution is 6.34. The number of carbonyl (C=O) groups excluding carboxylic acids is 1. The standard InChI is InChI=1S/C12H13ClFNO.ClH/c13-11-2-1-9(14)7-10(11)12(16)8-3-5-15-6-4-8;/h1-2,7-8,15H,3-6H2;1H. The molecule has 94 valence electrons. The number of nitrogens with one attached hydrogen (secondary N) is 1. The Balaban J connectivity index is 0.00000144. The maximum atomic E-state index is 13.1. The van der Waals surface area contributed by atoms with Crippen LogP contribution in [0.15, 0.2) is 18.2 Å². The number of rotatable bonds is 2. The molecule has 1 aromatic carbocycles. The summed E-state index contributed by atoms with van der Waals surface area (Å²) >= 11 is 5.91. The van der Waals surface area contributed by atoms with Gasteiger partial charge in [-0.25, -0.2) is 4.39 Å². The molecule has 2 nitrogen and oxygen atoms in total. The molecular weight excluding hydrogens is 264 g/mol. The molecule has 0 atom stereocenters. The van der Waals surface area contributed by atoms with Gasteiger partial charge in [0.15, 0.2) is 5.78 Å². The Morgan fingerprint density at radius 2 is 2.00 bits per heavy atom. The monoisotopic (exact) mass is 277 g/mol. The first-order valence-electron chi connectivity index (χ1n) is 5.38. The fraction of sp³-hybridized carbons (Fsp3) is 0.417. The van der Waals surface area contributed by atoms with Crippen molar-refractivity contribution in [1.82, 2.24) is 5.32 Å². The maximum absolute atomic E-state index is 13.1. The second kappa shape index (κ2) is 6.34. The van der Waals surface area contributed by atoms with Gasteiger partial charge in [-0.05, 0) is 44.1 Å². The van der Waals surface area contributed by atoms with E-state index in [2.05, 4.69) is 5.32 Å². The summed E-state index contributed by atoms with van der Waals surface area (Å²) in [6, 6.07) is 3.93. The highest BCUT2D eigenvalue weighted by atomic mass is 35.5. The number of halogens is 3. The Kier molecular flexibility index (Phi) is 5.37. The van der Waals surface area contributed by atoms with Crippen molar-refractivity contribution in [2.75, 3.05) is 13.1 Å². The minimum atomic E-state index is -0.415. The zero-order valence-electron chi connectivity index (χ0n) is 9.21. The van der Waals surface area contributed by atoms with Gasteiger partial charge < -0.3 is 5.32 Å². The van der Waals surface area contributed by atoms with Crippen LogP contribution in [-0.2, 0) is 0 Å². The van der Waals surface area contributed by atoms with Crippen LogP contribution in [0.4, 0.5) is 4.39 Å². The predicted molar refractivity (Wildman–Crippen MR) is 68.6 cm³/mol. The molecule has 0 aliphatic carbocycles. The molecule has 1 saturated heterocycles. The number of ketones is 1. The quantitative estimate of drug-likeness (QED) is 0.842. The molecule has 1 fully saturated rings. The van der Waals surface area contributed by atoms with Gasteiger partial charge in [0.25, 0.3) is 0 Å². The average Bonchev–Trinajstić information content (AvgIpc) is 2.32. The van der Waals surface area contributed by atoms with Gasteiger partial charge in [-0.2, -0.15) is 0 Å². The highest BCUT2D eigenvalue weighted by Crippen LogP contribution is 2.24. The zero-order valence-corrected chi connectivity index (χ0v) is 10.8. The van der Waals surface area contributed by atoms with Crippen LogP contribution in [-0.4, -0.2) is 18.9 Å². The summed E-state index contributed by atoms with van der Waals surface area (Å²) in [5, 5.41) is 3.53. The molecule has 0 unspecified atom stereocenters. The molecular formula is C12H14Cl2FNO. The summed E-state index contributed by atoms with van der Waals surface area (Å²) in [6.45, 7) is 1.67. The summed E-state index contributed by atoms with van der Waals surface area (Å²) in [5.41, 5.74) is 0.313. The van der Waals surface area contributed by atoms with E-state index in [1.807, 2.05) is 0 Å². The first-order chi connectivity index (χ1) is 7.68. The predicted octanol–water partition coefficient (Wildman–Crippen LogP) is 3.08. The molecule has 1 N–H and O–H groups in total. The fourth-order valence-corrected chi connectivity index (χ4v) is 2.20. The van der Waals surface area contributed by atoms with E-state index in [4.69, 9.17) is 11.6 Å². The van der Waals surface area contributed by atoms with Crippen molar-refractivity contribution in [2.24, 2.45) is 5.92 Å². The molecule has 0 spiro atoms. The van der Waals surface area contributed by atoms with Gasteiger partial charge in [0.1, 0.15) is 5.82 Å². The van der Waals surface area contributed by atoms with Crippen molar-refractivity contribution in [2.45, 2.75) is 12.8 Å². The molecule has 1 aliphatic heterocycles. The van der Waals surface area contributed by atoms with E-state index in [9.17, 15) is 9.18 Å². The van der Waals surface area contributed by atoms with Gasteiger partial charge in [0.05, 0.1) is 5.02 Å². The van der Waals surface area contributed by atoms with Crippen molar-refractivity contribution in [3.05, 3.63) is 34.6 Å². The minimum absolute atomic E-state index is 0. The fourth-order valence-electron chi connectivity index (χ4n) is 1.99. The number of hydrogen-bond donors (Lipinski definition) is 1. The third-order valence-electron chi connectivity index (χ3n) is 2.90. The number of piperidine rings is 1. The Morgan fingerprint density at radius 1 is 1.35 bits per heavy atom. The molecule has 0 bridgehead atoms. The second-order valence-corrected chi connectivity index (χ2v) is 4.42. The van der Waals surface area contributed by atoms with E-state index in [0.29, 0.717) is 10.6 Å². The molecule has 1 aliphatic rings. The van der Waals surface area contributed by atoms with Gasteiger partial charge in [-0.15, -0.1) is 12.4 Å². The summed E-state index contributed by atoms with van der Waals surface area (Å²) in [6.07, 6.45) is 1.59. The van der Waals surface area contributed by atoms with Crippen LogP contribution in [0.3, 0.4) is 0 Å². The smallest absolute Gasteiger partial charge is 0.167 e. The van der Waals surface area contributed by atoms with E-state index in [0.717, 1.165) is 25.9 Å². The van der Waals surface area contributed by atoms with E-state index >= 15 is 0 Å². The van der Waals surface area contributed by atoms with Crippen LogP contribution in [0, 0.1) is 11.7 Å². The zero-order chi connectivity index (χ0) is 11.5. The molecule has 0 aromatic heterocycles. The van der Waals surface area contributed by atoms with Gasteiger partial charge >= 0.3 is 0 Å². The van der Waals surface area contributed by atoms with Crippen LogP contribution < -0.4 is 5.32 Å². The minimum Gasteiger partial charge on any atom is -0.317 e. The molecule has 17 heavy (non-hydrogen) atoms. The van der Waals surface area contributed by atoms with E-state index in [1.165, 1.54) is 18.2 Å². The van der Waals surface area contributed by atoms with E-state index in [-0.39, 0.29) is 24.1 Å². The molecule has 0 radical (unpaired) electrons. The molecule has 1 heterocycles. The SMILES string of the molecule is Cl.O=C(c1cc(F)ccc1Cl)C1CCNCC1. The lowest BCUT2D eigenvalue weighted by Gasteiger charge is -2.21. The lowest BCUT2D eigenvalue weighted by atomic mass is 9.89. The molecule has 2 rings (SSSR count). The Morgan fingerprint density at radius 3 is 2.65 bits per heavy atom. The highest BCUT2D eigenvalue weighted by Gasteiger charge is 2.24. The Hall–Kier alpha value is -0.640. The number of Topliss-reactive ketones (excluding diaryl/α,β-unsaturated/α-hetero) is 1. The topological polar surface area (TPSA) is 29.1 Å². The van der Waals surface area contributed by atoms with Crippen molar-refractivity contribution in [3.63, 3.8) is 0 Å². The van der Waals surface area contributed by atoms with Crippen LogP contribution in [0.1, 0.15) is 23.2 Å². The average molecular weight is 278 g/mol. The third-order valence-corrected chi connectivity index (χ3v) is 3.23. The molecule has 5 heteroatoms. The van der Waals surface area contributed by atoms with Gasteiger partial charge in [-0.1, -0.05) is 11.6 Å². The van der Waals surface area contributed by atoms with Crippen molar-refractivity contribution in [1.29, 1.82) is 0 Å². The normalized spacial score (nSPS) is 16.4. The summed E-state index contributed by atoms with van der Waals surface area (Å²) < 4.78 is 13.1. The van der Waals surface area contributed by atoms with Crippen LogP contribution in [0.5, 0.6) is 0 Å². The first kappa shape index (κ1) is 14.4. The lowest BCUT2D eigenvalue weighted by molar-refractivity contribution is 0.0895. The van der Waals surface area contributed by atoms with Crippen LogP contribution in [0.2, 0.25) is 5.02 Å². The molecule has 0 amide bonds. The maximum Gasteiger partial charge on any atom is 0.167 e. The summed E-state index contributed by atoms with van der Waals surface area (Å²) in [7, 11) is 0. The molecule has 1 aromatic rings. The lowest BCUT2D eigenvalue weighted by Crippen LogP contribution is -2.32. The Bertz CT molecular complexity index is 405. The van der Waals surface area contributed by atoms with Crippen molar-refractivity contribution < 1.29 is 9.18 Å². The van der Waals surface area contributed by atoms with E-state index < -0.39 is 5.82 Å². The van der Waals surface area contributed by atoms with E-state index in [1.54, 1.807) is 0 Å². The van der Waals surface area contributed by atoms with Gasteiger partial charge in [-0.3, -0.25) is 4.79 Å². The molecule has 0 saturated carbocycles. The first-order valence-corrected chi connectivity index (χ1v) is 5.76. The Labute approximate surface area is 111 Å². The summed E-state index contributed by atoms with van der Waals surface area (Å²) in [4.78, 5) is 12.1. The number of carbonyl (C=O) groups is 1.